The minimum absolute atomic E-state index is 0.328. The number of aromatic nitrogens is 3. The van der Waals surface area contributed by atoms with Crippen LogP contribution in [0.15, 0.2) is 41.1 Å². The zero-order valence-corrected chi connectivity index (χ0v) is 14.5. The Bertz CT molecular complexity index is 866. The molecule has 0 saturated carbocycles. The molecule has 0 aliphatic rings. The van der Waals surface area contributed by atoms with E-state index in [9.17, 15) is 4.39 Å². The molecule has 0 bridgehead atoms. The average Bonchev–Trinajstić information content (AvgIpc) is 3.09. The molecule has 0 fully saturated rings. The fourth-order valence-corrected chi connectivity index (χ4v) is 2.40. The van der Waals surface area contributed by atoms with Crippen LogP contribution >= 0.6 is 0 Å². The van der Waals surface area contributed by atoms with Gasteiger partial charge in [0.1, 0.15) is 23.1 Å². The number of anilines is 3. The molecule has 0 aliphatic carbocycles. The Hall–Kier alpha value is -3.00. The number of nitrogens with zero attached hydrogens (tertiary/aromatic N) is 3. The van der Waals surface area contributed by atoms with Gasteiger partial charge in [0.2, 0.25) is 5.95 Å². The first-order valence-electron chi connectivity index (χ1n) is 8.49. The number of hydrogen-bond donors (Lipinski definition) is 3. The maximum atomic E-state index is 13.3. The Balaban J connectivity index is 1.89. The van der Waals surface area contributed by atoms with Gasteiger partial charge in [-0.25, -0.2) is 9.37 Å². The van der Waals surface area contributed by atoms with Gasteiger partial charge in [0.05, 0.1) is 5.56 Å². The van der Waals surface area contributed by atoms with Gasteiger partial charge in [-0.2, -0.15) is 4.98 Å². The molecule has 0 aliphatic heterocycles. The highest BCUT2D eigenvalue weighted by Crippen LogP contribution is 2.27. The van der Waals surface area contributed by atoms with Crippen molar-refractivity contribution in [1.82, 2.24) is 15.1 Å². The van der Waals surface area contributed by atoms with Gasteiger partial charge in [-0.15, -0.1) is 0 Å². The lowest BCUT2D eigenvalue weighted by atomic mass is 10.2. The Kier molecular flexibility index (Phi) is 5.75. The number of nitrogens with two attached hydrogens (primary N) is 1. The van der Waals surface area contributed by atoms with E-state index in [1.54, 1.807) is 18.3 Å². The Morgan fingerprint density at radius 3 is 2.92 bits per heavy atom. The van der Waals surface area contributed by atoms with Crippen LogP contribution in [0.2, 0.25) is 0 Å². The van der Waals surface area contributed by atoms with E-state index in [1.165, 1.54) is 12.1 Å². The van der Waals surface area contributed by atoms with Crippen molar-refractivity contribution in [3.05, 3.63) is 48.1 Å². The summed E-state index contributed by atoms with van der Waals surface area (Å²) < 4.78 is 18.6. The van der Waals surface area contributed by atoms with Crippen LogP contribution in [-0.2, 0) is 6.42 Å². The monoisotopic (exact) mass is 356 g/mol. The molecule has 2 aromatic heterocycles. The first-order valence-corrected chi connectivity index (χ1v) is 8.49. The zero-order valence-electron chi connectivity index (χ0n) is 14.5. The lowest BCUT2D eigenvalue weighted by molar-refractivity contribution is 0.386. The lowest BCUT2D eigenvalue weighted by Gasteiger charge is -2.11. The van der Waals surface area contributed by atoms with Crippen LogP contribution in [-0.4, -0.2) is 28.2 Å². The third kappa shape index (κ3) is 4.34. The van der Waals surface area contributed by atoms with Crippen LogP contribution < -0.4 is 16.4 Å². The van der Waals surface area contributed by atoms with Gasteiger partial charge in [-0.3, -0.25) is 0 Å². The highest BCUT2D eigenvalue weighted by molar-refractivity contribution is 5.73. The number of halogens is 1. The molecule has 0 amide bonds. The molecule has 2 heterocycles. The Morgan fingerprint density at radius 1 is 1.27 bits per heavy atom. The Morgan fingerprint density at radius 2 is 2.15 bits per heavy atom. The standard InChI is InChI=1S/C18H21FN6O/c1-2-8-21-17-15(16-10-14(6-7-20)26-25-16)11-22-18(24-17)23-13-5-3-4-12(19)9-13/h3-5,9-11H,2,6-8,20H2,1H3,(H2,21,22,23,24). The lowest BCUT2D eigenvalue weighted by Crippen LogP contribution is -2.07. The smallest absolute Gasteiger partial charge is 0.229 e. The van der Waals surface area contributed by atoms with Crippen molar-refractivity contribution in [2.24, 2.45) is 5.73 Å². The van der Waals surface area contributed by atoms with Gasteiger partial charge >= 0.3 is 0 Å². The summed E-state index contributed by atoms with van der Waals surface area (Å²) >= 11 is 0. The Labute approximate surface area is 150 Å². The normalized spacial score (nSPS) is 10.7. The summed E-state index contributed by atoms with van der Waals surface area (Å²) in [4.78, 5) is 8.82. The number of benzene rings is 1. The summed E-state index contributed by atoms with van der Waals surface area (Å²) in [7, 11) is 0. The molecule has 136 valence electrons. The van der Waals surface area contributed by atoms with Crippen molar-refractivity contribution in [2.75, 3.05) is 23.7 Å². The summed E-state index contributed by atoms with van der Waals surface area (Å²) in [5.74, 6) is 1.38. The molecule has 3 aromatic rings. The second kappa shape index (κ2) is 8.39. The molecule has 3 rings (SSSR count). The van der Waals surface area contributed by atoms with Gasteiger partial charge in [0.15, 0.2) is 0 Å². The van der Waals surface area contributed by atoms with Crippen LogP contribution in [0.25, 0.3) is 11.3 Å². The molecule has 0 unspecified atom stereocenters. The van der Waals surface area contributed by atoms with Crippen LogP contribution in [0.5, 0.6) is 0 Å². The minimum atomic E-state index is -0.328. The van der Waals surface area contributed by atoms with Crippen molar-refractivity contribution in [3.8, 4) is 11.3 Å². The van der Waals surface area contributed by atoms with E-state index in [0.29, 0.717) is 41.9 Å². The highest BCUT2D eigenvalue weighted by Gasteiger charge is 2.14. The summed E-state index contributed by atoms with van der Waals surface area (Å²) in [6, 6.07) is 7.97. The molecular weight excluding hydrogens is 335 g/mol. The van der Waals surface area contributed by atoms with E-state index in [-0.39, 0.29) is 5.82 Å². The van der Waals surface area contributed by atoms with Gasteiger partial charge in [-0.05, 0) is 31.2 Å². The van der Waals surface area contributed by atoms with E-state index in [0.717, 1.165) is 18.5 Å². The maximum Gasteiger partial charge on any atom is 0.229 e. The zero-order chi connectivity index (χ0) is 18.4. The van der Waals surface area contributed by atoms with Gasteiger partial charge in [-0.1, -0.05) is 18.1 Å². The minimum Gasteiger partial charge on any atom is -0.369 e. The van der Waals surface area contributed by atoms with Crippen molar-refractivity contribution >= 4 is 17.5 Å². The molecule has 0 saturated heterocycles. The predicted octanol–water partition coefficient (Wildman–Crippen LogP) is 3.34. The molecule has 0 radical (unpaired) electrons. The topological polar surface area (TPSA) is 102 Å². The van der Waals surface area contributed by atoms with E-state index in [4.69, 9.17) is 10.3 Å². The van der Waals surface area contributed by atoms with Crippen LogP contribution in [0, 0.1) is 5.82 Å². The molecule has 0 spiro atoms. The van der Waals surface area contributed by atoms with E-state index < -0.39 is 0 Å². The third-order valence-electron chi connectivity index (χ3n) is 3.64. The summed E-state index contributed by atoms with van der Waals surface area (Å²) in [5.41, 5.74) is 7.50. The fraction of sp³-hybridized carbons (Fsp3) is 0.278. The summed E-state index contributed by atoms with van der Waals surface area (Å²) in [6.45, 7) is 3.30. The molecule has 0 atom stereocenters. The predicted molar refractivity (Wildman–Crippen MR) is 98.8 cm³/mol. The van der Waals surface area contributed by atoms with Crippen molar-refractivity contribution in [3.63, 3.8) is 0 Å². The van der Waals surface area contributed by atoms with Crippen LogP contribution in [0.4, 0.5) is 21.8 Å². The number of hydrogen-bond acceptors (Lipinski definition) is 7. The first-order chi connectivity index (χ1) is 12.7. The van der Waals surface area contributed by atoms with E-state index >= 15 is 0 Å². The van der Waals surface area contributed by atoms with Gasteiger partial charge in [0.25, 0.3) is 0 Å². The van der Waals surface area contributed by atoms with Gasteiger partial charge in [0, 0.05) is 30.9 Å². The second-order valence-corrected chi connectivity index (χ2v) is 5.74. The van der Waals surface area contributed by atoms with Gasteiger partial charge < -0.3 is 20.9 Å². The van der Waals surface area contributed by atoms with Crippen molar-refractivity contribution in [2.45, 2.75) is 19.8 Å². The van der Waals surface area contributed by atoms with Crippen molar-refractivity contribution in [1.29, 1.82) is 0 Å². The average molecular weight is 356 g/mol. The molecule has 7 nitrogen and oxygen atoms in total. The maximum absolute atomic E-state index is 13.3. The third-order valence-corrected chi connectivity index (χ3v) is 3.64. The molecule has 8 heteroatoms. The number of nitrogens with one attached hydrogen (secondary N) is 2. The van der Waals surface area contributed by atoms with Crippen LogP contribution in [0.1, 0.15) is 19.1 Å². The van der Waals surface area contributed by atoms with E-state index in [2.05, 4.69) is 32.7 Å². The quantitative estimate of drug-likeness (QED) is 0.569. The number of rotatable bonds is 8. The molecular formula is C18H21FN6O. The first kappa shape index (κ1) is 17.8. The van der Waals surface area contributed by atoms with E-state index in [1.807, 2.05) is 6.07 Å². The second-order valence-electron chi connectivity index (χ2n) is 5.74. The van der Waals surface area contributed by atoms with Crippen LogP contribution in [0.3, 0.4) is 0 Å². The SMILES string of the molecule is CCCNc1nc(Nc2cccc(F)c2)ncc1-c1cc(CCN)on1. The fourth-order valence-electron chi connectivity index (χ4n) is 2.40. The summed E-state index contributed by atoms with van der Waals surface area (Å²) in [5, 5.41) is 10.4. The summed E-state index contributed by atoms with van der Waals surface area (Å²) in [6.07, 6.45) is 3.22. The highest BCUT2D eigenvalue weighted by atomic mass is 19.1. The molecule has 1 aromatic carbocycles. The largest absolute Gasteiger partial charge is 0.369 e. The molecule has 4 N–H and O–H groups in total. The van der Waals surface area contributed by atoms with Crippen molar-refractivity contribution < 1.29 is 8.91 Å². The molecule has 26 heavy (non-hydrogen) atoms.